The summed E-state index contributed by atoms with van der Waals surface area (Å²) in [6, 6.07) is 11.8. The molecule has 0 radical (unpaired) electrons. The Hall–Kier alpha value is -2.68. The maximum Gasteiger partial charge on any atom is 0.305 e. The van der Waals surface area contributed by atoms with Crippen molar-refractivity contribution in [3.05, 3.63) is 68.6 Å². The van der Waals surface area contributed by atoms with Crippen molar-refractivity contribution in [1.29, 1.82) is 0 Å². The number of fused-ring (bicyclic) bond motifs is 1. The molecule has 1 aromatic heterocycles. The van der Waals surface area contributed by atoms with Gasteiger partial charge in [-0.25, -0.2) is 4.98 Å². The molecule has 0 saturated carbocycles. The topological polar surface area (TPSA) is 69.7 Å². The first-order valence-electron chi connectivity index (χ1n) is 11.2. The van der Waals surface area contributed by atoms with Gasteiger partial charge < -0.3 is 19.5 Å². The first kappa shape index (κ1) is 25.4. The summed E-state index contributed by atoms with van der Waals surface area (Å²) >= 11 is 13.9. The average molecular weight is 531 g/mol. The maximum absolute atomic E-state index is 11.5. The molecule has 35 heavy (non-hydrogen) atoms. The van der Waals surface area contributed by atoms with Crippen LogP contribution in [0.2, 0.25) is 5.02 Å². The minimum atomic E-state index is -0.222. The van der Waals surface area contributed by atoms with Crippen molar-refractivity contribution in [2.24, 2.45) is 5.92 Å². The van der Waals surface area contributed by atoms with E-state index in [1.807, 2.05) is 36.5 Å². The van der Waals surface area contributed by atoms with Crippen molar-refractivity contribution in [2.75, 3.05) is 26.6 Å². The van der Waals surface area contributed by atoms with Crippen LogP contribution in [0.25, 0.3) is 0 Å². The first-order chi connectivity index (χ1) is 16.9. The molecular formula is C26H27ClN2O4S2. The number of aryl methyl sites for hydroxylation is 1. The Morgan fingerprint density at radius 3 is 2.77 bits per heavy atom. The van der Waals surface area contributed by atoms with Gasteiger partial charge in [-0.05, 0) is 42.7 Å². The number of benzene rings is 2. The standard InChI is InChI=1S/C26H27ClN2O4S2/c1-31-22-6-4-5-18(25(22)33-3)19-11-15(26(34)29-21-9-7-16(27)13-20(19)21)12-23-28-14-17(35-23)8-10-24(30)32-2/h4-7,9,13-15,19H,8,10-12H2,1-3H3,(H,29,34). The Kier molecular flexibility index (Phi) is 8.26. The van der Waals surface area contributed by atoms with Crippen molar-refractivity contribution in [2.45, 2.75) is 31.6 Å². The number of thiocarbonyl (C=S) groups is 1. The van der Waals surface area contributed by atoms with Crippen LogP contribution in [-0.2, 0) is 22.4 Å². The second-order valence-corrected chi connectivity index (χ2v) is 10.4. The monoisotopic (exact) mass is 530 g/mol. The molecule has 0 fully saturated rings. The second-order valence-electron chi connectivity index (χ2n) is 8.29. The van der Waals surface area contributed by atoms with Crippen LogP contribution in [0.4, 0.5) is 5.69 Å². The number of anilines is 1. The smallest absolute Gasteiger partial charge is 0.305 e. The van der Waals surface area contributed by atoms with E-state index in [0.29, 0.717) is 35.8 Å². The minimum Gasteiger partial charge on any atom is -0.493 e. The molecule has 0 saturated heterocycles. The van der Waals surface area contributed by atoms with E-state index in [-0.39, 0.29) is 17.8 Å². The molecule has 9 heteroatoms. The van der Waals surface area contributed by atoms with Gasteiger partial charge >= 0.3 is 5.97 Å². The number of rotatable bonds is 8. The highest BCUT2D eigenvalue weighted by Gasteiger charge is 2.32. The summed E-state index contributed by atoms with van der Waals surface area (Å²) < 4.78 is 16.1. The highest BCUT2D eigenvalue weighted by molar-refractivity contribution is 7.80. The van der Waals surface area contributed by atoms with E-state index >= 15 is 0 Å². The van der Waals surface area contributed by atoms with Crippen LogP contribution in [0.15, 0.2) is 42.6 Å². The molecule has 2 atom stereocenters. The molecule has 184 valence electrons. The fourth-order valence-electron chi connectivity index (χ4n) is 4.44. The van der Waals surface area contributed by atoms with Gasteiger partial charge in [-0.1, -0.05) is 36.0 Å². The van der Waals surface area contributed by atoms with E-state index in [0.717, 1.165) is 38.1 Å². The summed E-state index contributed by atoms with van der Waals surface area (Å²) in [5.41, 5.74) is 3.02. The van der Waals surface area contributed by atoms with Gasteiger partial charge in [-0.3, -0.25) is 4.79 Å². The normalized spacial score (nSPS) is 17.2. The Labute approximate surface area is 219 Å². The third kappa shape index (κ3) is 5.77. The van der Waals surface area contributed by atoms with Crippen LogP contribution in [-0.4, -0.2) is 37.3 Å². The number of nitrogens with zero attached hydrogens (tertiary/aromatic N) is 1. The van der Waals surface area contributed by atoms with Crippen LogP contribution in [0.3, 0.4) is 0 Å². The summed E-state index contributed by atoms with van der Waals surface area (Å²) in [4.78, 5) is 17.9. The van der Waals surface area contributed by atoms with Gasteiger partial charge in [0, 0.05) is 45.6 Å². The third-order valence-electron chi connectivity index (χ3n) is 6.17. The zero-order chi connectivity index (χ0) is 24.9. The van der Waals surface area contributed by atoms with Crippen LogP contribution in [0.1, 0.15) is 39.8 Å². The summed E-state index contributed by atoms with van der Waals surface area (Å²) in [5.74, 6) is 1.18. The molecule has 4 rings (SSSR count). The SMILES string of the molecule is COC(=O)CCc1cnc(CC2CC(c3cccc(OC)c3OC)c3cc(Cl)ccc3NC2=S)s1. The molecule has 2 heterocycles. The lowest BCUT2D eigenvalue weighted by Crippen LogP contribution is -2.22. The number of nitrogens with one attached hydrogen (secondary N) is 1. The summed E-state index contributed by atoms with van der Waals surface area (Å²) in [5, 5.41) is 5.11. The predicted molar refractivity (Wildman–Crippen MR) is 143 cm³/mol. The average Bonchev–Trinajstić information content (AvgIpc) is 3.27. The molecule has 2 unspecified atom stereocenters. The Bertz CT molecular complexity index is 1230. The van der Waals surface area contributed by atoms with Crippen LogP contribution >= 0.6 is 35.2 Å². The van der Waals surface area contributed by atoms with Crippen LogP contribution in [0, 0.1) is 5.92 Å². The van der Waals surface area contributed by atoms with Crippen molar-refractivity contribution < 1.29 is 19.0 Å². The van der Waals surface area contributed by atoms with Gasteiger partial charge in [0.05, 0.1) is 37.7 Å². The van der Waals surface area contributed by atoms with Crippen molar-refractivity contribution >= 4 is 51.8 Å². The quantitative estimate of drug-likeness (QED) is 0.280. The van der Waals surface area contributed by atoms with Gasteiger partial charge in [0.2, 0.25) is 0 Å². The Morgan fingerprint density at radius 2 is 2.03 bits per heavy atom. The number of thiazole rings is 1. The van der Waals surface area contributed by atoms with Gasteiger partial charge in [0.1, 0.15) is 0 Å². The number of para-hydroxylation sites is 1. The summed E-state index contributed by atoms with van der Waals surface area (Å²) in [6.07, 6.45) is 4.24. The molecule has 0 aliphatic carbocycles. The Morgan fingerprint density at radius 1 is 1.20 bits per heavy atom. The zero-order valence-electron chi connectivity index (χ0n) is 19.8. The van der Waals surface area contributed by atoms with Crippen LogP contribution < -0.4 is 14.8 Å². The molecule has 3 aromatic rings. The van der Waals surface area contributed by atoms with Gasteiger partial charge in [0.25, 0.3) is 0 Å². The van der Waals surface area contributed by atoms with E-state index in [2.05, 4.69) is 16.4 Å². The number of ether oxygens (including phenoxy) is 3. The predicted octanol–water partition coefficient (Wildman–Crippen LogP) is 6.05. The molecule has 2 aromatic carbocycles. The molecule has 6 nitrogen and oxygen atoms in total. The van der Waals surface area contributed by atoms with Crippen molar-refractivity contribution in [3.8, 4) is 11.5 Å². The Balaban J connectivity index is 1.67. The lowest BCUT2D eigenvalue weighted by Gasteiger charge is -2.23. The number of carbonyl (C=O) groups excluding carboxylic acids is 1. The first-order valence-corrected chi connectivity index (χ1v) is 12.8. The van der Waals surface area contributed by atoms with Gasteiger partial charge in [0.15, 0.2) is 11.5 Å². The lowest BCUT2D eigenvalue weighted by atomic mass is 9.82. The van der Waals surface area contributed by atoms with E-state index < -0.39 is 0 Å². The third-order valence-corrected chi connectivity index (χ3v) is 7.92. The lowest BCUT2D eigenvalue weighted by molar-refractivity contribution is -0.140. The largest absolute Gasteiger partial charge is 0.493 e. The highest BCUT2D eigenvalue weighted by atomic mass is 35.5. The molecular weight excluding hydrogens is 504 g/mol. The summed E-state index contributed by atoms with van der Waals surface area (Å²) in [7, 11) is 4.70. The number of carbonyl (C=O) groups is 1. The zero-order valence-corrected chi connectivity index (χ0v) is 22.2. The minimum absolute atomic E-state index is 0.0227. The molecule has 0 bridgehead atoms. The number of hydrogen-bond acceptors (Lipinski definition) is 7. The maximum atomic E-state index is 11.5. The molecule has 0 amide bonds. The fraction of sp³-hybridized carbons (Fsp3) is 0.346. The molecule has 0 spiro atoms. The summed E-state index contributed by atoms with van der Waals surface area (Å²) in [6.45, 7) is 0. The fourth-order valence-corrected chi connectivity index (χ4v) is 5.91. The number of aromatic nitrogens is 1. The van der Waals surface area contributed by atoms with Crippen LogP contribution in [0.5, 0.6) is 11.5 Å². The number of esters is 1. The highest BCUT2D eigenvalue weighted by Crippen LogP contribution is 2.46. The second kappa shape index (κ2) is 11.4. The molecule has 1 aliphatic heterocycles. The van der Waals surface area contributed by atoms with Crippen molar-refractivity contribution in [1.82, 2.24) is 4.98 Å². The van der Waals surface area contributed by atoms with Gasteiger partial charge in [-0.2, -0.15) is 0 Å². The molecule has 1 N–H and O–H groups in total. The van der Waals surface area contributed by atoms with E-state index in [9.17, 15) is 4.79 Å². The molecule has 1 aliphatic rings. The van der Waals surface area contributed by atoms with Gasteiger partial charge in [-0.15, -0.1) is 11.3 Å². The number of halogens is 1. The van der Waals surface area contributed by atoms with Crippen molar-refractivity contribution in [3.63, 3.8) is 0 Å². The number of methoxy groups -OCH3 is 3. The number of hydrogen-bond donors (Lipinski definition) is 1. The van der Waals surface area contributed by atoms with E-state index in [1.165, 1.54) is 7.11 Å². The van der Waals surface area contributed by atoms with E-state index in [4.69, 9.17) is 38.0 Å². The van der Waals surface area contributed by atoms with E-state index in [1.54, 1.807) is 25.6 Å².